The second-order valence-electron chi connectivity index (χ2n) is 6.00. The maximum atomic E-state index is 12.0. The van der Waals surface area contributed by atoms with Crippen molar-refractivity contribution in [1.82, 2.24) is 15.3 Å². The Morgan fingerprint density at radius 3 is 2.60 bits per heavy atom. The summed E-state index contributed by atoms with van der Waals surface area (Å²) in [5.74, 6) is 1.68. The molecule has 6 nitrogen and oxygen atoms in total. The first-order valence-electron chi connectivity index (χ1n) is 8.57. The van der Waals surface area contributed by atoms with Gasteiger partial charge < -0.3 is 15.5 Å². The number of rotatable bonds is 6. The van der Waals surface area contributed by atoms with Crippen LogP contribution in [0.3, 0.4) is 0 Å². The lowest BCUT2D eigenvalue weighted by Crippen LogP contribution is -2.30. The van der Waals surface area contributed by atoms with Crippen molar-refractivity contribution in [3.8, 4) is 0 Å². The van der Waals surface area contributed by atoms with Crippen LogP contribution in [0.2, 0.25) is 0 Å². The van der Waals surface area contributed by atoms with Crippen LogP contribution in [0.15, 0.2) is 41.1 Å². The van der Waals surface area contributed by atoms with Crippen molar-refractivity contribution >= 4 is 33.5 Å². The fourth-order valence-corrected chi connectivity index (χ4v) is 3.07. The van der Waals surface area contributed by atoms with Crippen molar-refractivity contribution in [2.24, 2.45) is 0 Å². The first-order chi connectivity index (χ1) is 12.2. The molecule has 25 heavy (non-hydrogen) atoms. The molecule has 0 saturated carbocycles. The molecule has 7 heteroatoms. The van der Waals surface area contributed by atoms with Crippen LogP contribution in [-0.4, -0.2) is 42.1 Å². The van der Waals surface area contributed by atoms with Gasteiger partial charge in [-0.3, -0.25) is 4.79 Å². The van der Waals surface area contributed by atoms with Gasteiger partial charge in [0, 0.05) is 42.3 Å². The van der Waals surface area contributed by atoms with E-state index in [1.165, 1.54) is 19.3 Å². The Morgan fingerprint density at radius 1 is 1.08 bits per heavy atom. The van der Waals surface area contributed by atoms with Gasteiger partial charge in [-0.2, -0.15) is 0 Å². The van der Waals surface area contributed by atoms with Crippen LogP contribution >= 0.6 is 15.9 Å². The minimum Gasteiger partial charge on any atom is -0.368 e. The fourth-order valence-electron chi connectivity index (χ4n) is 2.81. The van der Waals surface area contributed by atoms with Gasteiger partial charge in [0.05, 0.1) is 0 Å². The number of carbonyl (C=O) groups excluding carboxylic acids is 1. The highest BCUT2D eigenvalue weighted by atomic mass is 79.9. The minimum atomic E-state index is -0.0778. The van der Waals surface area contributed by atoms with E-state index in [0.717, 1.165) is 29.2 Å². The van der Waals surface area contributed by atoms with E-state index < -0.39 is 0 Å². The number of aromatic nitrogens is 2. The first kappa shape index (κ1) is 17.7. The van der Waals surface area contributed by atoms with E-state index in [4.69, 9.17) is 0 Å². The Morgan fingerprint density at radius 2 is 1.84 bits per heavy atom. The van der Waals surface area contributed by atoms with Crippen LogP contribution in [0.1, 0.15) is 29.6 Å². The molecule has 1 aromatic heterocycles. The third-order valence-electron chi connectivity index (χ3n) is 4.16. The number of piperidine rings is 1. The van der Waals surface area contributed by atoms with E-state index in [0.29, 0.717) is 18.7 Å². The highest BCUT2D eigenvalue weighted by molar-refractivity contribution is 9.10. The fraction of sp³-hybridized carbons (Fsp3) is 0.389. The highest BCUT2D eigenvalue weighted by Crippen LogP contribution is 2.18. The number of amides is 1. The molecule has 2 aromatic rings. The highest BCUT2D eigenvalue weighted by Gasteiger charge is 2.12. The normalized spacial score (nSPS) is 14.2. The average molecular weight is 404 g/mol. The summed E-state index contributed by atoms with van der Waals surface area (Å²) in [6.45, 7) is 3.25. The molecule has 0 aliphatic carbocycles. The number of benzene rings is 1. The summed E-state index contributed by atoms with van der Waals surface area (Å²) in [7, 11) is 0. The topological polar surface area (TPSA) is 70.2 Å². The zero-order valence-electron chi connectivity index (χ0n) is 14.0. The van der Waals surface area contributed by atoms with E-state index in [9.17, 15) is 4.79 Å². The maximum absolute atomic E-state index is 12.0. The van der Waals surface area contributed by atoms with Crippen molar-refractivity contribution in [1.29, 1.82) is 0 Å². The minimum absolute atomic E-state index is 0.0778. The van der Waals surface area contributed by atoms with Crippen molar-refractivity contribution < 1.29 is 4.79 Å². The van der Waals surface area contributed by atoms with E-state index in [1.807, 2.05) is 18.2 Å². The van der Waals surface area contributed by atoms with Gasteiger partial charge >= 0.3 is 0 Å². The van der Waals surface area contributed by atoms with Gasteiger partial charge in [0.25, 0.3) is 5.91 Å². The third kappa shape index (κ3) is 5.16. The van der Waals surface area contributed by atoms with Crippen LogP contribution in [0.25, 0.3) is 0 Å². The molecule has 1 aromatic carbocycles. The van der Waals surface area contributed by atoms with Crippen molar-refractivity contribution in [3.63, 3.8) is 0 Å². The molecule has 1 amide bonds. The van der Waals surface area contributed by atoms with E-state index in [2.05, 4.69) is 41.4 Å². The zero-order valence-corrected chi connectivity index (χ0v) is 15.6. The van der Waals surface area contributed by atoms with Crippen LogP contribution in [0.5, 0.6) is 0 Å². The van der Waals surface area contributed by atoms with Crippen molar-refractivity contribution in [2.75, 3.05) is 36.4 Å². The molecule has 2 N–H and O–H groups in total. The number of halogens is 1. The molecule has 132 valence electrons. The molecule has 0 radical (unpaired) electrons. The molecular weight excluding hydrogens is 382 g/mol. The third-order valence-corrected chi connectivity index (χ3v) is 4.68. The zero-order chi connectivity index (χ0) is 17.5. The van der Waals surface area contributed by atoms with Gasteiger partial charge in [0.1, 0.15) is 18.0 Å². The SMILES string of the molecule is O=C(NCCNc1cc(N2CCCCC2)ncn1)c1ccc(Br)cc1. The van der Waals surface area contributed by atoms with E-state index >= 15 is 0 Å². The summed E-state index contributed by atoms with van der Waals surface area (Å²) < 4.78 is 0.957. The predicted molar refractivity (Wildman–Crippen MR) is 103 cm³/mol. The molecule has 0 bridgehead atoms. The Balaban J connectivity index is 1.45. The second kappa shape index (κ2) is 8.80. The molecule has 1 saturated heterocycles. The summed E-state index contributed by atoms with van der Waals surface area (Å²) in [5.41, 5.74) is 0.651. The largest absolute Gasteiger partial charge is 0.368 e. The monoisotopic (exact) mass is 403 g/mol. The van der Waals surface area contributed by atoms with Gasteiger partial charge in [-0.25, -0.2) is 9.97 Å². The number of anilines is 2. The number of hydrogen-bond donors (Lipinski definition) is 2. The number of nitrogens with one attached hydrogen (secondary N) is 2. The summed E-state index contributed by atoms with van der Waals surface area (Å²) in [5, 5.41) is 6.14. The first-order valence-corrected chi connectivity index (χ1v) is 9.36. The van der Waals surface area contributed by atoms with Crippen LogP contribution in [0.4, 0.5) is 11.6 Å². The lowest BCUT2D eigenvalue weighted by atomic mass is 10.1. The number of nitrogens with zero attached hydrogens (tertiary/aromatic N) is 3. The summed E-state index contributed by atoms with van der Waals surface area (Å²) >= 11 is 3.36. The van der Waals surface area contributed by atoms with Gasteiger partial charge in [-0.15, -0.1) is 0 Å². The Labute approximate surface area is 156 Å². The summed E-state index contributed by atoms with van der Waals surface area (Å²) in [4.78, 5) is 23.0. The summed E-state index contributed by atoms with van der Waals surface area (Å²) in [6, 6.07) is 9.28. The number of hydrogen-bond acceptors (Lipinski definition) is 5. The predicted octanol–water partition coefficient (Wildman–Crippen LogP) is 3.07. The van der Waals surface area contributed by atoms with E-state index in [1.54, 1.807) is 18.5 Å². The van der Waals surface area contributed by atoms with E-state index in [-0.39, 0.29) is 5.91 Å². The molecule has 1 aliphatic heterocycles. The van der Waals surface area contributed by atoms with Crippen LogP contribution in [0, 0.1) is 0 Å². The smallest absolute Gasteiger partial charge is 0.251 e. The van der Waals surface area contributed by atoms with Crippen molar-refractivity contribution in [2.45, 2.75) is 19.3 Å². The molecule has 0 unspecified atom stereocenters. The second-order valence-corrected chi connectivity index (χ2v) is 6.91. The molecule has 3 rings (SSSR count). The van der Waals surface area contributed by atoms with Gasteiger partial charge in [0.15, 0.2) is 0 Å². The molecular formula is C18H22BrN5O. The summed E-state index contributed by atoms with van der Waals surface area (Å²) in [6.07, 6.45) is 5.32. The number of carbonyl (C=O) groups is 1. The Bertz CT molecular complexity index is 701. The average Bonchev–Trinajstić information content (AvgIpc) is 2.66. The molecule has 1 fully saturated rings. The van der Waals surface area contributed by atoms with Crippen LogP contribution < -0.4 is 15.5 Å². The van der Waals surface area contributed by atoms with Gasteiger partial charge in [0.2, 0.25) is 0 Å². The lowest BCUT2D eigenvalue weighted by Gasteiger charge is -2.27. The van der Waals surface area contributed by atoms with Gasteiger partial charge in [-0.1, -0.05) is 15.9 Å². The Hall–Kier alpha value is -2.15. The van der Waals surface area contributed by atoms with Crippen molar-refractivity contribution in [3.05, 3.63) is 46.7 Å². The van der Waals surface area contributed by atoms with Gasteiger partial charge in [-0.05, 0) is 43.5 Å². The molecule has 0 atom stereocenters. The maximum Gasteiger partial charge on any atom is 0.251 e. The quantitative estimate of drug-likeness (QED) is 0.725. The molecule has 2 heterocycles. The molecule has 1 aliphatic rings. The Kier molecular flexibility index (Phi) is 6.22. The van der Waals surface area contributed by atoms with Crippen LogP contribution in [-0.2, 0) is 0 Å². The molecule has 0 spiro atoms. The standard InChI is InChI=1S/C18H22BrN5O/c19-15-6-4-14(5-7-15)18(25)21-9-8-20-16-12-17(23-13-22-16)24-10-2-1-3-11-24/h4-7,12-13H,1-3,8-11H2,(H,21,25)(H,20,22,23). The lowest BCUT2D eigenvalue weighted by molar-refractivity contribution is 0.0955.